The van der Waals surface area contributed by atoms with Gasteiger partial charge in [0.05, 0.1) is 13.5 Å². The Bertz CT molecular complexity index is 733. The molecule has 0 aliphatic rings. The summed E-state index contributed by atoms with van der Waals surface area (Å²) in [5.74, 6) is -0.689. The van der Waals surface area contributed by atoms with E-state index in [0.717, 1.165) is 9.35 Å². The third kappa shape index (κ3) is 4.29. The van der Waals surface area contributed by atoms with Gasteiger partial charge in [0.2, 0.25) is 0 Å². The predicted octanol–water partition coefficient (Wildman–Crippen LogP) is 4.04. The first-order valence-electron chi connectivity index (χ1n) is 6.34. The molecular weight excluding hydrogens is 368 g/mol. The van der Waals surface area contributed by atoms with Gasteiger partial charge in [0.25, 0.3) is 0 Å². The number of hydrogen-bond acceptors (Lipinski definition) is 4. The SMILES string of the molecule is COc1ccc(C(=O)/C=C/c2cc(Br)cs2)cc1CC(=O)O. The molecule has 0 aliphatic carbocycles. The second-order valence-corrected chi connectivity index (χ2v) is 6.32. The van der Waals surface area contributed by atoms with Gasteiger partial charge in [-0.3, -0.25) is 9.59 Å². The molecule has 114 valence electrons. The Hall–Kier alpha value is -1.92. The van der Waals surface area contributed by atoms with Crippen LogP contribution in [0.2, 0.25) is 0 Å². The second kappa shape index (κ2) is 7.38. The number of hydrogen-bond donors (Lipinski definition) is 1. The van der Waals surface area contributed by atoms with Crippen molar-refractivity contribution >= 4 is 45.1 Å². The number of aliphatic carboxylic acids is 1. The Labute approximate surface area is 140 Å². The summed E-state index contributed by atoms with van der Waals surface area (Å²) in [6, 6.07) is 6.71. The summed E-state index contributed by atoms with van der Waals surface area (Å²) in [5, 5.41) is 10.8. The first-order valence-corrected chi connectivity index (χ1v) is 8.02. The predicted molar refractivity (Wildman–Crippen MR) is 89.7 cm³/mol. The van der Waals surface area contributed by atoms with Crippen LogP contribution in [0.1, 0.15) is 20.8 Å². The van der Waals surface area contributed by atoms with Crippen LogP contribution in [0, 0.1) is 0 Å². The zero-order valence-corrected chi connectivity index (χ0v) is 14.1. The highest BCUT2D eigenvalue weighted by Gasteiger charge is 2.11. The van der Waals surface area contributed by atoms with Gasteiger partial charge in [0.1, 0.15) is 5.75 Å². The average molecular weight is 381 g/mol. The van der Waals surface area contributed by atoms with Crippen molar-refractivity contribution in [3.8, 4) is 5.75 Å². The van der Waals surface area contributed by atoms with E-state index in [1.165, 1.54) is 24.5 Å². The standard InChI is InChI=1S/C16H13BrO4S/c1-21-15-5-2-10(6-11(15)7-16(19)20)14(18)4-3-13-8-12(17)9-22-13/h2-6,8-9H,7H2,1H3,(H,19,20)/b4-3+. The van der Waals surface area contributed by atoms with Crippen molar-refractivity contribution in [1.29, 1.82) is 0 Å². The minimum atomic E-state index is -0.970. The number of allylic oxidation sites excluding steroid dienone is 1. The largest absolute Gasteiger partial charge is 0.496 e. The van der Waals surface area contributed by atoms with Gasteiger partial charge in [0, 0.05) is 25.9 Å². The van der Waals surface area contributed by atoms with Crippen LogP contribution in [0.3, 0.4) is 0 Å². The molecule has 0 fully saturated rings. The van der Waals surface area contributed by atoms with Crippen molar-refractivity contribution in [2.24, 2.45) is 0 Å². The van der Waals surface area contributed by atoms with Crippen LogP contribution in [0.25, 0.3) is 6.08 Å². The summed E-state index contributed by atoms with van der Waals surface area (Å²) in [5.41, 5.74) is 0.914. The molecule has 6 heteroatoms. The molecule has 2 rings (SSSR count). The highest BCUT2D eigenvalue weighted by Crippen LogP contribution is 2.23. The van der Waals surface area contributed by atoms with Crippen LogP contribution in [-0.2, 0) is 11.2 Å². The van der Waals surface area contributed by atoms with Gasteiger partial charge < -0.3 is 9.84 Å². The maximum Gasteiger partial charge on any atom is 0.307 e. The molecule has 0 radical (unpaired) electrons. The lowest BCUT2D eigenvalue weighted by molar-refractivity contribution is -0.136. The highest BCUT2D eigenvalue weighted by atomic mass is 79.9. The Morgan fingerprint density at radius 3 is 2.73 bits per heavy atom. The van der Waals surface area contributed by atoms with E-state index in [0.29, 0.717) is 16.9 Å². The molecule has 1 aromatic heterocycles. The molecule has 0 bridgehead atoms. The second-order valence-electron chi connectivity index (χ2n) is 4.46. The third-order valence-electron chi connectivity index (χ3n) is 2.89. The van der Waals surface area contributed by atoms with E-state index in [9.17, 15) is 9.59 Å². The summed E-state index contributed by atoms with van der Waals surface area (Å²) in [7, 11) is 1.47. The van der Waals surface area contributed by atoms with Gasteiger partial charge >= 0.3 is 5.97 Å². The number of benzene rings is 1. The third-order valence-corrected chi connectivity index (χ3v) is 4.55. The van der Waals surface area contributed by atoms with Crippen molar-refractivity contribution in [2.45, 2.75) is 6.42 Å². The maximum absolute atomic E-state index is 12.2. The smallest absolute Gasteiger partial charge is 0.307 e. The minimum absolute atomic E-state index is 0.182. The summed E-state index contributed by atoms with van der Waals surface area (Å²) in [4.78, 5) is 24.0. The molecule has 1 aromatic carbocycles. The fourth-order valence-electron chi connectivity index (χ4n) is 1.90. The molecule has 1 N–H and O–H groups in total. The first kappa shape index (κ1) is 16.5. The molecule has 4 nitrogen and oxygen atoms in total. The maximum atomic E-state index is 12.2. The number of thiophene rings is 1. The summed E-state index contributed by atoms with van der Waals surface area (Å²) in [6.45, 7) is 0. The number of ether oxygens (including phenoxy) is 1. The van der Waals surface area contributed by atoms with Crippen LogP contribution in [0.4, 0.5) is 0 Å². The van der Waals surface area contributed by atoms with Crippen molar-refractivity contribution in [2.75, 3.05) is 7.11 Å². The van der Waals surface area contributed by atoms with Gasteiger partial charge in [-0.25, -0.2) is 0 Å². The Kier molecular flexibility index (Phi) is 5.51. The summed E-state index contributed by atoms with van der Waals surface area (Å²) < 4.78 is 6.09. The van der Waals surface area contributed by atoms with E-state index < -0.39 is 5.97 Å². The van der Waals surface area contributed by atoms with E-state index in [-0.39, 0.29) is 12.2 Å². The fraction of sp³-hybridized carbons (Fsp3) is 0.125. The lowest BCUT2D eigenvalue weighted by Gasteiger charge is -2.07. The Morgan fingerprint density at radius 2 is 2.14 bits per heavy atom. The molecule has 0 unspecified atom stereocenters. The van der Waals surface area contributed by atoms with Crippen LogP contribution >= 0.6 is 27.3 Å². The number of rotatable bonds is 6. The van der Waals surface area contributed by atoms with Crippen molar-refractivity contribution in [3.05, 3.63) is 56.2 Å². The number of ketones is 1. The van der Waals surface area contributed by atoms with Crippen molar-refractivity contribution in [3.63, 3.8) is 0 Å². The molecule has 0 aliphatic heterocycles. The molecule has 22 heavy (non-hydrogen) atoms. The molecule has 0 spiro atoms. The van der Waals surface area contributed by atoms with E-state index >= 15 is 0 Å². The zero-order valence-electron chi connectivity index (χ0n) is 11.7. The first-order chi connectivity index (χ1) is 10.5. The molecular formula is C16H13BrO4S. The van der Waals surface area contributed by atoms with Crippen LogP contribution in [0.5, 0.6) is 5.75 Å². The van der Waals surface area contributed by atoms with Crippen LogP contribution in [-0.4, -0.2) is 24.0 Å². The van der Waals surface area contributed by atoms with Crippen LogP contribution < -0.4 is 4.74 Å². The average Bonchev–Trinajstić information content (AvgIpc) is 2.89. The highest BCUT2D eigenvalue weighted by molar-refractivity contribution is 9.10. The minimum Gasteiger partial charge on any atom is -0.496 e. The van der Waals surface area contributed by atoms with Gasteiger partial charge in [-0.15, -0.1) is 11.3 Å². The summed E-state index contributed by atoms with van der Waals surface area (Å²) >= 11 is 4.88. The number of halogens is 1. The number of carboxylic acid groups (broad SMARTS) is 1. The van der Waals surface area contributed by atoms with E-state index in [4.69, 9.17) is 9.84 Å². The number of methoxy groups -OCH3 is 1. The lowest BCUT2D eigenvalue weighted by atomic mass is 10.0. The summed E-state index contributed by atoms with van der Waals surface area (Å²) in [6.07, 6.45) is 3.02. The number of carboxylic acids is 1. The van der Waals surface area contributed by atoms with Crippen molar-refractivity contribution in [1.82, 2.24) is 0 Å². The molecule has 0 amide bonds. The normalized spacial score (nSPS) is 10.8. The number of carbonyl (C=O) groups is 2. The van der Waals surface area contributed by atoms with Crippen LogP contribution in [0.15, 0.2) is 40.2 Å². The quantitative estimate of drug-likeness (QED) is 0.606. The Balaban J connectivity index is 2.22. The van der Waals surface area contributed by atoms with E-state index in [2.05, 4.69) is 15.9 Å². The number of carbonyl (C=O) groups excluding carboxylic acids is 1. The monoisotopic (exact) mass is 380 g/mol. The Morgan fingerprint density at radius 1 is 1.36 bits per heavy atom. The lowest BCUT2D eigenvalue weighted by Crippen LogP contribution is -2.04. The topological polar surface area (TPSA) is 63.6 Å². The van der Waals surface area contributed by atoms with Gasteiger partial charge in [-0.2, -0.15) is 0 Å². The molecule has 0 saturated heterocycles. The van der Waals surface area contributed by atoms with Gasteiger partial charge in [-0.05, 0) is 52.3 Å². The van der Waals surface area contributed by atoms with E-state index in [1.807, 2.05) is 11.4 Å². The molecule has 0 saturated carbocycles. The van der Waals surface area contributed by atoms with Crippen molar-refractivity contribution < 1.29 is 19.4 Å². The van der Waals surface area contributed by atoms with Gasteiger partial charge in [0.15, 0.2) is 5.78 Å². The van der Waals surface area contributed by atoms with Gasteiger partial charge in [-0.1, -0.05) is 0 Å². The molecule has 1 heterocycles. The van der Waals surface area contributed by atoms with E-state index in [1.54, 1.807) is 24.3 Å². The fourth-order valence-corrected chi connectivity index (χ4v) is 3.24. The molecule has 0 atom stereocenters. The zero-order chi connectivity index (χ0) is 16.1. The molecule has 2 aromatic rings.